The molecule has 0 radical (unpaired) electrons. The first-order valence-corrected chi connectivity index (χ1v) is 6.44. The minimum Gasteiger partial charge on any atom is -0.439 e. The maximum Gasteiger partial charge on any atom is 0.269 e. The summed E-state index contributed by atoms with van der Waals surface area (Å²) in [6, 6.07) is 5.78. The molecule has 7 heteroatoms. The number of hydrogen-bond acceptors (Lipinski definition) is 6. The molecule has 0 spiro atoms. The summed E-state index contributed by atoms with van der Waals surface area (Å²) in [6.45, 7) is 5.68. The molecule has 0 saturated heterocycles. The Balaban J connectivity index is 2.32. The van der Waals surface area contributed by atoms with E-state index in [-0.39, 0.29) is 11.6 Å². The topological polar surface area (TPSA) is 104 Å². The molecule has 1 heterocycles. The van der Waals surface area contributed by atoms with Crippen LogP contribution in [0.2, 0.25) is 0 Å². The van der Waals surface area contributed by atoms with Crippen molar-refractivity contribution in [2.24, 2.45) is 0 Å². The zero-order valence-corrected chi connectivity index (χ0v) is 12.0. The van der Waals surface area contributed by atoms with Crippen LogP contribution in [-0.4, -0.2) is 14.9 Å². The molecule has 1 aromatic carbocycles. The first-order chi connectivity index (χ1) is 9.88. The molecular formula is C14H16N4O3. The molecule has 0 unspecified atom stereocenters. The standard InChI is InChI=1S/C14H16N4O3/c1-8(2)13-16-12(15)9(3)14(17-13)21-11-6-4-10(5-7-11)18(19)20/h4-8H,1-3H3,(H2,15,16,17). The van der Waals surface area contributed by atoms with Crippen molar-refractivity contribution in [3.8, 4) is 11.6 Å². The Morgan fingerprint density at radius 2 is 1.86 bits per heavy atom. The lowest BCUT2D eigenvalue weighted by Crippen LogP contribution is -2.06. The van der Waals surface area contributed by atoms with Crippen molar-refractivity contribution in [1.82, 2.24) is 9.97 Å². The van der Waals surface area contributed by atoms with Crippen LogP contribution >= 0.6 is 0 Å². The molecule has 0 saturated carbocycles. The molecule has 0 amide bonds. The number of rotatable bonds is 4. The monoisotopic (exact) mass is 288 g/mol. The zero-order chi connectivity index (χ0) is 15.6. The van der Waals surface area contributed by atoms with Gasteiger partial charge in [-0.05, 0) is 19.1 Å². The van der Waals surface area contributed by atoms with E-state index < -0.39 is 4.92 Å². The van der Waals surface area contributed by atoms with Crippen molar-refractivity contribution in [3.05, 3.63) is 45.8 Å². The molecule has 1 aromatic heterocycles. The van der Waals surface area contributed by atoms with Crippen LogP contribution in [-0.2, 0) is 0 Å². The summed E-state index contributed by atoms with van der Waals surface area (Å²) in [4.78, 5) is 18.7. The first kappa shape index (κ1) is 14.7. The number of nitro benzene ring substituents is 1. The summed E-state index contributed by atoms with van der Waals surface area (Å²) in [5, 5.41) is 10.6. The van der Waals surface area contributed by atoms with Crippen LogP contribution in [0, 0.1) is 17.0 Å². The molecule has 7 nitrogen and oxygen atoms in total. The third-order valence-electron chi connectivity index (χ3n) is 2.93. The summed E-state index contributed by atoms with van der Waals surface area (Å²) in [5.74, 6) is 1.89. The highest BCUT2D eigenvalue weighted by molar-refractivity contribution is 5.47. The molecule has 0 aliphatic carbocycles. The molecule has 2 rings (SSSR count). The minimum absolute atomic E-state index is 0.00384. The summed E-state index contributed by atoms with van der Waals surface area (Å²) in [5.41, 5.74) is 6.50. The van der Waals surface area contributed by atoms with Crippen molar-refractivity contribution < 1.29 is 9.66 Å². The highest BCUT2D eigenvalue weighted by Gasteiger charge is 2.13. The SMILES string of the molecule is Cc1c(N)nc(C(C)C)nc1Oc1ccc([N+](=O)[O-])cc1. The first-order valence-electron chi connectivity index (χ1n) is 6.44. The predicted octanol–water partition coefficient (Wildman–Crippen LogP) is 3.19. The van der Waals surface area contributed by atoms with Gasteiger partial charge >= 0.3 is 0 Å². The van der Waals surface area contributed by atoms with Crippen LogP contribution in [0.3, 0.4) is 0 Å². The second-order valence-corrected chi connectivity index (χ2v) is 4.90. The van der Waals surface area contributed by atoms with Crippen LogP contribution in [0.5, 0.6) is 11.6 Å². The number of ether oxygens (including phenoxy) is 1. The van der Waals surface area contributed by atoms with Crippen molar-refractivity contribution in [2.75, 3.05) is 5.73 Å². The average Bonchev–Trinajstić information content (AvgIpc) is 2.44. The number of hydrogen-bond donors (Lipinski definition) is 1. The highest BCUT2D eigenvalue weighted by Crippen LogP contribution is 2.28. The lowest BCUT2D eigenvalue weighted by Gasteiger charge is -2.12. The fraction of sp³-hybridized carbons (Fsp3) is 0.286. The Morgan fingerprint density at radius 3 is 2.38 bits per heavy atom. The summed E-state index contributed by atoms with van der Waals surface area (Å²) in [6.07, 6.45) is 0. The van der Waals surface area contributed by atoms with Crippen LogP contribution in [0.4, 0.5) is 11.5 Å². The van der Waals surface area contributed by atoms with E-state index in [4.69, 9.17) is 10.5 Å². The van der Waals surface area contributed by atoms with Crippen LogP contribution in [0.1, 0.15) is 31.2 Å². The van der Waals surface area contributed by atoms with E-state index in [9.17, 15) is 10.1 Å². The number of aromatic nitrogens is 2. The van der Waals surface area contributed by atoms with Gasteiger partial charge in [-0.3, -0.25) is 10.1 Å². The molecule has 110 valence electrons. The summed E-state index contributed by atoms with van der Waals surface area (Å²) in [7, 11) is 0. The van der Waals surface area contributed by atoms with E-state index in [0.29, 0.717) is 28.8 Å². The second kappa shape index (κ2) is 5.74. The third-order valence-corrected chi connectivity index (χ3v) is 2.93. The quantitative estimate of drug-likeness (QED) is 0.684. The fourth-order valence-electron chi connectivity index (χ4n) is 1.63. The lowest BCUT2D eigenvalue weighted by atomic mass is 10.2. The Kier molecular flexibility index (Phi) is 4.02. The second-order valence-electron chi connectivity index (χ2n) is 4.90. The number of nitrogens with zero attached hydrogens (tertiary/aromatic N) is 3. The highest BCUT2D eigenvalue weighted by atomic mass is 16.6. The Labute approximate surface area is 121 Å². The molecule has 2 aromatic rings. The van der Waals surface area contributed by atoms with Crippen molar-refractivity contribution >= 4 is 11.5 Å². The number of benzene rings is 1. The number of nitrogens with two attached hydrogens (primary N) is 1. The van der Waals surface area contributed by atoms with Gasteiger partial charge in [0.1, 0.15) is 17.4 Å². The average molecular weight is 288 g/mol. The lowest BCUT2D eigenvalue weighted by molar-refractivity contribution is -0.384. The van der Waals surface area contributed by atoms with Crippen LogP contribution in [0.25, 0.3) is 0 Å². The van der Waals surface area contributed by atoms with Gasteiger partial charge in [0.2, 0.25) is 5.88 Å². The molecule has 0 bridgehead atoms. The molecule has 0 aliphatic rings. The van der Waals surface area contributed by atoms with Crippen molar-refractivity contribution in [3.63, 3.8) is 0 Å². The van der Waals surface area contributed by atoms with Gasteiger partial charge in [-0.2, -0.15) is 4.98 Å². The number of nitro groups is 1. The van der Waals surface area contributed by atoms with Gasteiger partial charge in [-0.15, -0.1) is 0 Å². The van der Waals surface area contributed by atoms with Gasteiger partial charge in [-0.1, -0.05) is 13.8 Å². The van der Waals surface area contributed by atoms with E-state index in [2.05, 4.69) is 9.97 Å². The van der Waals surface area contributed by atoms with E-state index in [1.807, 2.05) is 13.8 Å². The number of nitrogen functional groups attached to an aromatic ring is 1. The molecule has 21 heavy (non-hydrogen) atoms. The van der Waals surface area contributed by atoms with E-state index >= 15 is 0 Å². The van der Waals surface area contributed by atoms with E-state index in [0.717, 1.165) is 0 Å². The summed E-state index contributed by atoms with van der Waals surface area (Å²) >= 11 is 0. The minimum atomic E-state index is -0.464. The van der Waals surface area contributed by atoms with Gasteiger partial charge in [0.05, 0.1) is 10.5 Å². The van der Waals surface area contributed by atoms with E-state index in [1.165, 1.54) is 24.3 Å². The Bertz CT molecular complexity index is 669. The van der Waals surface area contributed by atoms with Crippen LogP contribution in [0.15, 0.2) is 24.3 Å². The normalized spacial score (nSPS) is 10.7. The largest absolute Gasteiger partial charge is 0.439 e. The molecule has 2 N–H and O–H groups in total. The molecule has 0 aliphatic heterocycles. The third kappa shape index (κ3) is 3.25. The maximum atomic E-state index is 10.6. The van der Waals surface area contributed by atoms with Gasteiger partial charge in [0, 0.05) is 18.1 Å². The smallest absolute Gasteiger partial charge is 0.269 e. The number of non-ortho nitro benzene ring substituents is 1. The van der Waals surface area contributed by atoms with Gasteiger partial charge in [0.25, 0.3) is 5.69 Å². The van der Waals surface area contributed by atoms with Gasteiger partial charge < -0.3 is 10.5 Å². The molecule has 0 atom stereocenters. The van der Waals surface area contributed by atoms with Gasteiger partial charge in [0.15, 0.2) is 0 Å². The Morgan fingerprint density at radius 1 is 1.24 bits per heavy atom. The van der Waals surface area contributed by atoms with Crippen molar-refractivity contribution in [2.45, 2.75) is 26.7 Å². The maximum absolute atomic E-state index is 10.6. The molecule has 0 fully saturated rings. The number of anilines is 1. The Hall–Kier alpha value is -2.70. The van der Waals surface area contributed by atoms with Crippen molar-refractivity contribution in [1.29, 1.82) is 0 Å². The van der Waals surface area contributed by atoms with Gasteiger partial charge in [-0.25, -0.2) is 4.98 Å². The van der Waals surface area contributed by atoms with Crippen LogP contribution < -0.4 is 10.5 Å². The fourth-order valence-corrected chi connectivity index (χ4v) is 1.63. The molecular weight excluding hydrogens is 272 g/mol. The van der Waals surface area contributed by atoms with E-state index in [1.54, 1.807) is 6.92 Å². The summed E-state index contributed by atoms with van der Waals surface area (Å²) < 4.78 is 5.66. The predicted molar refractivity (Wildman–Crippen MR) is 78.4 cm³/mol. The zero-order valence-electron chi connectivity index (χ0n) is 12.0.